The van der Waals surface area contributed by atoms with Crippen LogP contribution in [0.4, 0.5) is 5.69 Å². The fraction of sp³-hybridized carbons (Fsp3) is 0.182. The molecule has 166 valence electrons. The van der Waals surface area contributed by atoms with E-state index < -0.39 is 29.7 Å². The van der Waals surface area contributed by atoms with Crippen molar-refractivity contribution in [3.8, 4) is 22.7 Å². The molecule has 1 saturated heterocycles. The number of benzene rings is 2. The zero-order valence-corrected chi connectivity index (χ0v) is 17.4. The Morgan fingerprint density at radius 2 is 1.91 bits per heavy atom. The second kappa shape index (κ2) is 7.55. The highest BCUT2D eigenvalue weighted by Gasteiger charge is 2.45. The highest BCUT2D eigenvalue weighted by molar-refractivity contribution is 6.24. The Bertz CT molecular complexity index is 1350. The summed E-state index contributed by atoms with van der Waals surface area (Å²) in [7, 11) is 1.53. The minimum Gasteiger partial charge on any atom is -0.496 e. The minimum atomic E-state index is -1.05. The molecular formula is C22H18N6O5. The van der Waals surface area contributed by atoms with E-state index in [0.717, 1.165) is 4.90 Å². The Morgan fingerprint density at radius 3 is 2.67 bits per heavy atom. The van der Waals surface area contributed by atoms with Crippen molar-refractivity contribution in [3.05, 3.63) is 53.7 Å². The van der Waals surface area contributed by atoms with Crippen LogP contribution >= 0.6 is 0 Å². The molecule has 1 atom stereocenters. The Hall–Kier alpha value is -4.54. The summed E-state index contributed by atoms with van der Waals surface area (Å²) in [6, 6.07) is 8.83. The lowest BCUT2D eigenvalue weighted by molar-refractivity contribution is -0.136. The molecule has 3 heterocycles. The topological polar surface area (TPSA) is 150 Å². The third-order valence-electron chi connectivity index (χ3n) is 5.69. The second-order valence-corrected chi connectivity index (χ2v) is 7.65. The molecule has 0 bridgehead atoms. The van der Waals surface area contributed by atoms with Crippen LogP contribution in [0.25, 0.3) is 16.9 Å². The maximum atomic E-state index is 13.3. The summed E-state index contributed by atoms with van der Waals surface area (Å²) in [5.41, 5.74) is 8.09. The number of carbonyl (C=O) groups is 4. The zero-order chi connectivity index (χ0) is 23.3. The van der Waals surface area contributed by atoms with Crippen LogP contribution in [0.5, 0.6) is 5.75 Å². The third kappa shape index (κ3) is 3.21. The summed E-state index contributed by atoms with van der Waals surface area (Å²) in [6.45, 7) is 0. The van der Waals surface area contributed by atoms with Crippen molar-refractivity contribution in [1.29, 1.82) is 0 Å². The van der Waals surface area contributed by atoms with Crippen LogP contribution in [0.15, 0.2) is 42.6 Å². The number of nitrogens with one attached hydrogen (secondary N) is 1. The maximum absolute atomic E-state index is 13.3. The second-order valence-electron chi connectivity index (χ2n) is 7.65. The lowest BCUT2D eigenvalue weighted by Gasteiger charge is -2.27. The number of nitrogens with zero attached hydrogens (tertiary/aromatic N) is 4. The van der Waals surface area contributed by atoms with E-state index in [9.17, 15) is 19.2 Å². The van der Waals surface area contributed by atoms with Crippen LogP contribution in [0.2, 0.25) is 0 Å². The highest BCUT2D eigenvalue weighted by Crippen LogP contribution is 2.33. The van der Waals surface area contributed by atoms with Gasteiger partial charge in [-0.15, -0.1) is 5.10 Å². The average Bonchev–Trinajstić information content (AvgIpc) is 3.38. The lowest BCUT2D eigenvalue weighted by Crippen LogP contribution is -2.54. The van der Waals surface area contributed by atoms with Crippen LogP contribution in [0, 0.1) is 0 Å². The van der Waals surface area contributed by atoms with Crippen molar-refractivity contribution in [1.82, 2.24) is 25.2 Å². The number of methoxy groups -OCH3 is 1. The molecule has 4 amide bonds. The molecule has 3 aromatic rings. The molecule has 11 heteroatoms. The number of nitrogens with two attached hydrogens (primary N) is 1. The van der Waals surface area contributed by atoms with E-state index in [1.54, 1.807) is 36.5 Å². The minimum absolute atomic E-state index is 0.0468. The molecule has 0 spiro atoms. The number of hydrogen-bond donors (Lipinski definition) is 2. The molecule has 0 radical (unpaired) electrons. The smallest absolute Gasteiger partial charge is 0.264 e. The first kappa shape index (κ1) is 20.4. The molecule has 1 fully saturated rings. The summed E-state index contributed by atoms with van der Waals surface area (Å²) in [6.07, 6.45) is 1.72. The number of hydrogen-bond acceptors (Lipinski definition) is 8. The average molecular weight is 446 g/mol. The van der Waals surface area contributed by atoms with Gasteiger partial charge in [0.2, 0.25) is 11.8 Å². The number of piperidine rings is 1. The number of imide groups is 2. The molecule has 3 N–H and O–H groups in total. The molecule has 1 aromatic heterocycles. The number of nitrogen functional groups attached to an aromatic ring is 1. The summed E-state index contributed by atoms with van der Waals surface area (Å²) in [5, 5.41) is 10.5. The normalized spacial score (nSPS) is 17.8. The van der Waals surface area contributed by atoms with Crippen LogP contribution in [-0.4, -0.2) is 56.7 Å². The van der Waals surface area contributed by atoms with E-state index in [4.69, 9.17) is 10.5 Å². The van der Waals surface area contributed by atoms with E-state index >= 15 is 0 Å². The van der Waals surface area contributed by atoms with Crippen molar-refractivity contribution in [3.63, 3.8) is 0 Å². The van der Waals surface area contributed by atoms with Gasteiger partial charge < -0.3 is 10.5 Å². The van der Waals surface area contributed by atoms with Gasteiger partial charge in [-0.1, -0.05) is 11.3 Å². The monoisotopic (exact) mass is 446 g/mol. The Labute approximate surface area is 187 Å². The van der Waals surface area contributed by atoms with Gasteiger partial charge in [-0.25, -0.2) is 4.68 Å². The lowest BCUT2D eigenvalue weighted by atomic mass is 10.0. The Balaban J connectivity index is 1.54. The molecule has 1 unspecified atom stereocenters. The molecule has 2 aromatic carbocycles. The number of carbonyl (C=O) groups excluding carboxylic acids is 4. The largest absolute Gasteiger partial charge is 0.496 e. The standard InChI is InChI=1S/C22H18N6O5/c1-33-17-7-5-11(23)9-13(17)14-10-27(26-25-14)15-4-2-3-12-19(15)22(32)28(21(12)31)16-6-8-18(29)24-20(16)30/h2-5,7,9-10,16H,6,8,23H2,1H3,(H,24,29,30). The molecule has 0 saturated carbocycles. The van der Waals surface area contributed by atoms with Gasteiger partial charge in [0.15, 0.2) is 0 Å². The number of fused-ring (bicyclic) bond motifs is 1. The molecule has 11 nitrogen and oxygen atoms in total. The Morgan fingerprint density at radius 1 is 1.09 bits per heavy atom. The first-order chi connectivity index (χ1) is 15.9. The van der Waals surface area contributed by atoms with Crippen molar-refractivity contribution in [2.24, 2.45) is 0 Å². The Kier molecular flexibility index (Phi) is 4.66. The molecule has 2 aliphatic heterocycles. The summed E-state index contributed by atoms with van der Waals surface area (Å²) < 4.78 is 6.76. The number of aromatic nitrogens is 3. The van der Waals surface area contributed by atoms with Gasteiger partial charge in [-0.2, -0.15) is 0 Å². The van der Waals surface area contributed by atoms with E-state index in [0.29, 0.717) is 28.4 Å². The fourth-order valence-corrected chi connectivity index (χ4v) is 4.12. The number of rotatable bonds is 4. The van der Waals surface area contributed by atoms with Gasteiger partial charge in [0.05, 0.1) is 30.1 Å². The first-order valence-electron chi connectivity index (χ1n) is 10.1. The summed E-state index contributed by atoms with van der Waals surface area (Å²) >= 11 is 0. The zero-order valence-electron chi connectivity index (χ0n) is 17.4. The van der Waals surface area contributed by atoms with Gasteiger partial charge in [0.1, 0.15) is 17.5 Å². The molecular weight excluding hydrogens is 428 g/mol. The van der Waals surface area contributed by atoms with Crippen molar-refractivity contribution >= 4 is 29.3 Å². The van der Waals surface area contributed by atoms with Gasteiger partial charge in [0, 0.05) is 17.7 Å². The van der Waals surface area contributed by atoms with E-state index in [2.05, 4.69) is 15.6 Å². The van der Waals surface area contributed by atoms with Gasteiger partial charge in [0.25, 0.3) is 11.8 Å². The summed E-state index contributed by atoms with van der Waals surface area (Å²) in [5.74, 6) is -1.77. The molecule has 0 aliphatic carbocycles. The highest BCUT2D eigenvalue weighted by atomic mass is 16.5. The van der Waals surface area contributed by atoms with Crippen molar-refractivity contribution in [2.75, 3.05) is 12.8 Å². The van der Waals surface area contributed by atoms with E-state index in [-0.39, 0.29) is 24.0 Å². The predicted molar refractivity (Wildman–Crippen MR) is 114 cm³/mol. The van der Waals surface area contributed by atoms with Crippen LogP contribution < -0.4 is 15.8 Å². The SMILES string of the molecule is COc1ccc(N)cc1-c1cn(-c2cccc3c2C(=O)N(C2CCC(=O)NC2=O)C3=O)nn1. The van der Waals surface area contributed by atoms with Crippen LogP contribution in [0.1, 0.15) is 33.6 Å². The molecule has 2 aliphatic rings. The van der Waals surface area contributed by atoms with Crippen molar-refractivity contribution < 1.29 is 23.9 Å². The maximum Gasteiger partial charge on any atom is 0.264 e. The quantitative estimate of drug-likeness (QED) is 0.444. The van der Waals surface area contributed by atoms with Crippen LogP contribution in [-0.2, 0) is 9.59 Å². The number of anilines is 1. The number of ether oxygens (including phenoxy) is 1. The summed E-state index contributed by atoms with van der Waals surface area (Å²) in [4.78, 5) is 51.0. The fourth-order valence-electron chi connectivity index (χ4n) is 4.12. The molecule has 5 rings (SSSR count). The van der Waals surface area contributed by atoms with Gasteiger partial charge in [-0.3, -0.25) is 29.4 Å². The van der Waals surface area contributed by atoms with E-state index in [1.165, 1.54) is 17.9 Å². The van der Waals surface area contributed by atoms with Crippen LogP contribution in [0.3, 0.4) is 0 Å². The van der Waals surface area contributed by atoms with E-state index in [1.807, 2.05) is 0 Å². The predicted octanol–water partition coefficient (Wildman–Crippen LogP) is 0.926. The molecule has 33 heavy (non-hydrogen) atoms. The number of amides is 4. The first-order valence-corrected chi connectivity index (χ1v) is 10.1. The van der Waals surface area contributed by atoms with Crippen molar-refractivity contribution in [2.45, 2.75) is 18.9 Å². The van der Waals surface area contributed by atoms with Gasteiger partial charge >= 0.3 is 0 Å². The third-order valence-corrected chi connectivity index (χ3v) is 5.69. The van der Waals surface area contributed by atoms with Gasteiger partial charge in [-0.05, 0) is 36.8 Å².